The molecule has 0 saturated carbocycles. The number of rotatable bonds is 4. The highest BCUT2D eigenvalue weighted by molar-refractivity contribution is 6.01. The number of benzene rings is 2. The summed E-state index contributed by atoms with van der Waals surface area (Å²) in [6.45, 7) is 3.46. The average molecular weight is 378 g/mol. The van der Waals surface area contributed by atoms with Crippen molar-refractivity contribution in [1.29, 1.82) is 0 Å². The van der Waals surface area contributed by atoms with Crippen LogP contribution in [-0.2, 0) is 7.05 Å². The van der Waals surface area contributed by atoms with E-state index in [2.05, 4.69) is 12.1 Å². The molecule has 5 nitrogen and oxygen atoms in total. The van der Waals surface area contributed by atoms with Crippen molar-refractivity contribution in [1.82, 2.24) is 9.47 Å². The third-order valence-corrected chi connectivity index (χ3v) is 5.91. The van der Waals surface area contributed by atoms with Gasteiger partial charge in [0.25, 0.3) is 5.91 Å². The van der Waals surface area contributed by atoms with Crippen LogP contribution in [0, 0.1) is 6.92 Å². The predicted octanol–water partition coefficient (Wildman–Crippen LogP) is 4.13. The Balaban J connectivity index is 1.63. The van der Waals surface area contributed by atoms with E-state index in [1.165, 1.54) is 0 Å². The molecular weight excluding hydrogens is 352 g/mol. The SMILES string of the molecule is COc1ccc(OC)c(C2CCN(C(=O)c3c(C)c4ccccc4n3C)C2)c1. The van der Waals surface area contributed by atoms with E-state index in [4.69, 9.17) is 9.47 Å². The largest absolute Gasteiger partial charge is 0.497 e. The van der Waals surface area contributed by atoms with Gasteiger partial charge in [0.2, 0.25) is 0 Å². The van der Waals surface area contributed by atoms with E-state index >= 15 is 0 Å². The van der Waals surface area contributed by atoms with Crippen LogP contribution < -0.4 is 9.47 Å². The van der Waals surface area contributed by atoms with Gasteiger partial charge >= 0.3 is 0 Å². The number of aryl methyl sites for hydroxylation is 2. The van der Waals surface area contributed by atoms with Gasteiger partial charge in [-0.15, -0.1) is 0 Å². The number of ether oxygens (including phenoxy) is 2. The van der Waals surface area contributed by atoms with Crippen LogP contribution in [0.4, 0.5) is 0 Å². The molecule has 146 valence electrons. The topological polar surface area (TPSA) is 43.7 Å². The molecule has 28 heavy (non-hydrogen) atoms. The first-order chi connectivity index (χ1) is 13.5. The lowest BCUT2D eigenvalue weighted by atomic mass is 9.97. The highest BCUT2D eigenvalue weighted by Crippen LogP contribution is 2.37. The third kappa shape index (κ3) is 2.91. The second kappa shape index (κ2) is 7.23. The van der Waals surface area contributed by atoms with Crippen LogP contribution in [0.1, 0.15) is 34.0 Å². The normalized spacial score (nSPS) is 16.6. The minimum atomic E-state index is 0.0977. The van der Waals surface area contributed by atoms with Gasteiger partial charge in [-0.1, -0.05) is 18.2 Å². The quantitative estimate of drug-likeness (QED) is 0.686. The fraction of sp³-hybridized carbons (Fsp3) is 0.348. The molecule has 3 aromatic rings. The van der Waals surface area contributed by atoms with E-state index in [-0.39, 0.29) is 11.8 Å². The highest BCUT2D eigenvalue weighted by atomic mass is 16.5. The molecule has 0 radical (unpaired) electrons. The summed E-state index contributed by atoms with van der Waals surface area (Å²) in [6, 6.07) is 14.0. The van der Waals surface area contributed by atoms with E-state index in [0.717, 1.165) is 52.2 Å². The minimum absolute atomic E-state index is 0.0977. The minimum Gasteiger partial charge on any atom is -0.497 e. The van der Waals surface area contributed by atoms with Crippen LogP contribution in [0.15, 0.2) is 42.5 Å². The average Bonchev–Trinajstić information content (AvgIpc) is 3.31. The van der Waals surface area contributed by atoms with Gasteiger partial charge in [-0.25, -0.2) is 0 Å². The lowest BCUT2D eigenvalue weighted by Gasteiger charge is -2.19. The van der Waals surface area contributed by atoms with Crippen LogP contribution in [0.3, 0.4) is 0 Å². The van der Waals surface area contributed by atoms with E-state index in [9.17, 15) is 4.79 Å². The van der Waals surface area contributed by atoms with Crippen LogP contribution in [0.5, 0.6) is 11.5 Å². The van der Waals surface area contributed by atoms with Crippen molar-refractivity contribution in [2.75, 3.05) is 27.3 Å². The van der Waals surface area contributed by atoms with Crippen molar-refractivity contribution in [3.05, 3.63) is 59.3 Å². The van der Waals surface area contributed by atoms with E-state index in [1.54, 1.807) is 14.2 Å². The zero-order valence-electron chi connectivity index (χ0n) is 16.9. The molecule has 5 heteroatoms. The summed E-state index contributed by atoms with van der Waals surface area (Å²) in [5.74, 6) is 2.00. The summed E-state index contributed by atoms with van der Waals surface area (Å²) in [7, 11) is 5.32. The molecule has 1 aromatic heterocycles. The van der Waals surface area contributed by atoms with Gasteiger partial charge in [0.05, 0.1) is 14.2 Å². The summed E-state index contributed by atoms with van der Waals surface area (Å²) >= 11 is 0. The number of likely N-dealkylation sites (tertiary alicyclic amines) is 1. The molecule has 2 heterocycles. The molecule has 1 fully saturated rings. The number of hydrogen-bond acceptors (Lipinski definition) is 3. The molecule has 0 aliphatic carbocycles. The summed E-state index contributed by atoms with van der Waals surface area (Å²) < 4.78 is 13.0. The summed E-state index contributed by atoms with van der Waals surface area (Å²) in [4.78, 5) is 15.3. The number of amides is 1. The van der Waals surface area contributed by atoms with Crippen LogP contribution in [0.25, 0.3) is 10.9 Å². The Bertz CT molecular complexity index is 999. The van der Waals surface area contributed by atoms with Gasteiger partial charge in [-0.2, -0.15) is 0 Å². The number of carbonyl (C=O) groups is 1. The van der Waals surface area contributed by atoms with Crippen molar-refractivity contribution in [2.45, 2.75) is 19.3 Å². The van der Waals surface area contributed by atoms with Gasteiger partial charge < -0.3 is 18.9 Å². The Morgan fingerprint density at radius 1 is 1.11 bits per heavy atom. The van der Waals surface area contributed by atoms with Crippen molar-refractivity contribution in [3.63, 3.8) is 0 Å². The number of hydrogen-bond donors (Lipinski definition) is 0. The second-order valence-electron chi connectivity index (χ2n) is 7.39. The maximum absolute atomic E-state index is 13.4. The highest BCUT2D eigenvalue weighted by Gasteiger charge is 2.32. The molecule has 2 aromatic carbocycles. The molecule has 1 aliphatic heterocycles. The maximum Gasteiger partial charge on any atom is 0.270 e. The first kappa shape index (κ1) is 18.4. The van der Waals surface area contributed by atoms with Gasteiger partial charge in [-0.3, -0.25) is 4.79 Å². The summed E-state index contributed by atoms with van der Waals surface area (Å²) in [6.07, 6.45) is 0.915. The smallest absolute Gasteiger partial charge is 0.270 e. The Morgan fingerprint density at radius 2 is 1.89 bits per heavy atom. The first-order valence-corrected chi connectivity index (χ1v) is 9.60. The predicted molar refractivity (Wildman–Crippen MR) is 110 cm³/mol. The van der Waals surface area contributed by atoms with Crippen LogP contribution in [-0.4, -0.2) is 42.7 Å². The van der Waals surface area contributed by atoms with Crippen molar-refractivity contribution >= 4 is 16.8 Å². The molecule has 1 saturated heterocycles. The fourth-order valence-corrected chi connectivity index (χ4v) is 4.39. The molecule has 0 N–H and O–H groups in total. The third-order valence-electron chi connectivity index (χ3n) is 5.91. The zero-order valence-corrected chi connectivity index (χ0v) is 16.9. The molecule has 0 bridgehead atoms. The van der Waals surface area contributed by atoms with Gasteiger partial charge in [-0.05, 0) is 43.2 Å². The monoisotopic (exact) mass is 378 g/mol. The lowest BCUT2D eigenvalue weighted by molar-refractivity contribution is 0.0781. The summed E-state index contributed by atoms with van der Waals surface area (Å²) in [5.41, 5.74) is 4.02. The van der Waals surface area contributed by atoms with Crippen LogP contribution in [0.2, 0.25) is 0 Å². The molecule has 1 amide bonds. The second-order valence-corrected chi connectivity index (χ2v) is 7.39. The Morgan fingerprint density at radius 3 is 2.61 bits per heavy atom. The number of para-hydroxylation sites is 1. The molecule has 1 atom stereocenters. The van der Waals surface area contributed by atoms with E-state index in [0.29, 0.717) is 6.54 Å². The Kier molecular flexibility index (Phi) is 4.75. The van der Waals surface area contributed by atoms with Gasteiger partial charge in [0.1, 0.15) is 17.2 Å². The zero-order chi connectivity index (χ0) is 19.8. The molecule has 1 aliphatic rings. The number of carbonyl (C=O) groups excluding carboxylic acids is 1. The number of methoxy groups -OCH3 is 2. The molecule has 1 unspecified atom stereocenters. The van der Waals surface area contributed by atoms with Gasteiger partial charge in [0.15, 0.2) is 0 Å². The Hall–Kier alpha value is -2.95. The number of aromatic nitrogens is 1. The fourth-order valence-electron chi connectivity index (χ4n) is 4.39. The van der Waals surface area contributed by atoms with Crippen molar-refractivity contribution in [3.8, 4) is 11.5 Å². The number of nitrogens with zero attached hydrogens (tertiary/aromatic N) is 2. The van der Waals surface area contributed by atoms with Crippen molar-refractivity contribution < 1.29 is 14.3 Å². The molecule has 4 rings (SSSR count). The lowest BCUT2D eigenvalue weighted by Crippen LogP contribution is -2.30. The van der Waals surface area contributed by atoms with Crippen molar-refractivity contribution in [2.24, 2.45) is 7.05 Å². The number of fused-ring (bicyclic) bond motifs is 1. The van der Waals surface area contributed by atoms with Gasteiger partial charge in [0, 0.05) is 42.5 Å². The molecule has 0 spiro atoms. The molecular formula is C23H26N2O3. The first-order valence-electron chi connectivity index (χ1n) is 9.60. The van der Waals surface area contributed by atoms with E-state index < -0.39 is 0 Å². The summed E-state index contributed by atoms with van der Waals surface area (Å²) in [5, 5.41) is 1.14. The van der Waals surface area contributed by atoms with Crippen LogP contribution >= 0.6 is 0 Å². The standard InChI is InChI=1S/C23H26N2O3/c1-15-18-7-5-6-8-20(18)24(2)22(15)23(26)25-12-11-16(14-25)19-13-17(27-3)9-10-21(19)28-4/h5-10,13,16H,11-12,14H2,1-4H3. The maximum atomic E-state index is 13.4. The Labute approximate surface area is 165 Å². The van der Waals surface area contributed by atoms with E-state index in [1.807, 2.05) is 53.8 Å².